The van der Waals surface area contributed by atoms with Crippen LogP contribution in [-0.2, 0) is 9.53 Å². The van der Waals surface area contributed by atoms with Crippen LogP contribution in [0.5, 0.6) is 0 Å². The van der Waals surface area contributed by atoms with Gasteiger partial charge in [0, 0.05) is 0 Å². The van der Waals surface area contributed by atoms with E-state index in [1.165, 1.54) is 89.9 Å². The van der Waals surface area contributed by atoms with E-state index in [2.05, 4.69) is 6.92 Å². The van der Waals surface area contributed by atoms with E-state index in [0.717, 1.165) is 12.8 Å². The first-order valence-corrected chi connectivity index (χ1v) is 10.8. The summed E-state index contributed by atoms with van der Waals surface area (Å²) in [6, 6.07) is -0.888. The van der Waals surface area contributed by atoms with Crippen molar-refractivity contribution in [2.45, 2.75) is 116 Å². The van der Waals surface area contributed by atoms with E-state index in [9.17, 15) is 4.79 Å². The van der Waals surface area contributed by atoms with Crippen molar-refractivity contribution in [2.75, 3.05) is 13.2 Å². The third-order valence-electron chi connectivity index (χ3n) is 4.74. The predicted octanol–water partition coefficient (Wildman–Crippen LogP) is 5.11. The second-order valence-electron chi connectivity index (χ2n) is 7.26. The van der Waals surface area contributed by atoms with Crippen LogP contribution < -0.4 is 5.73 Å². The van der Waals surface area contributed by atoms with Crippen molar-refractivity contribution in [3.63, 3.8) is 0 Å². The molecule has 0 aliphatic heterocycles. The fourth-order valence-corrected chi connectivity index (χ4v) is 3.00. The molecular weight excluding hydrogens is 314 g/mol. The maximum Gasteiger partial charge on any atom is 0.325 e. The highest BCUT2D eigenvalue weighted by Gasteiger charge is 2.12. The highest BCUT2D eigenvalue weighted by molar-refractivity contribution is 5.75. The quantitative estimate of drug-likeness (QED) is 0.249. The Morgan fingerprint density at radius 3 is 1.48 bits per heavy atom. The molecule has 4 nitrogen and oxygen atoms in total. The number of aliphatic hydroxyl groups is 1. The zero-order valence-corrected chi connectivity index (χ0v) is 16.6. The third-order valence-corrected chi connectivity index (χ3v) is 4.74. The molecule has 25 heavy (non-hydrogen) atoms. The van der Waals surface area contributed by atoms with E-state index in [0.29, 0.717) is 6.61 Å². The summed E-state index contributed by atoms with van der Waals surface area (Å²) in [4.78, 5) is 11.2. The summed E-state index contributed by atoms with van der Waals surface area (Å²) in [7, 11) is 0. The largest absolute Gasteiger partial charge is 0.464 e. The number of carbonyl (C=O) groups is 1. The highest BCUT2D eigenvalue weighted by Crippen LogP contribution is 2.13. The van der Waals surface area contributed by atoms with Gasteiger partial charge in [0.2, 0.25) is 0 Å². The minimum absolute atomic E-state index is 0.349. The van der Waals surface area contributed by atoms with Gasteiger partial charge in [0.15, 0.2) is 0 Å². The Morgan fingerprint density at radius 1 is 0.760 bits per heavy atom. The maximum atomic E-state index is 11.2. The molecule has 0 spiro atoms. The van der Waals surface area contributed by atoms with Crippen molar-refractivity contribution in [1.82, 2.24) is 0 Å². The second-order valence-corrected chi connectivity index (χ2v) is 7.26. The van der Waals surface area contributed by atoms with Gasteiger partial charge in [0.1, 0.15) is 6.04 Å². The van der Waals surface area contributed by atoms with Crippen LogP contribution in [0, 0.1) is 0 Å². The number of hydrogen-bond donors (Lipinski definition) is 2. The summed E-state index contributed by atoms with van der Waals surface area (Å²) in [6.07, 6.45) is 21.2. The van der Waals surface area contributed by atoms with E-state index in [1.807, 2.05) is 0 Å². The van der Waals surface area contributed by atoms with Crippen LogP contribution in [-0.4, -0.2) is 30.3 Å². The van der Waals surface area contributed by atoms with E-state index >= 15 is 0 Å². The van der Waals surface area contributed by atoms with Crippen molar-refractivity contribution in [3.8, 4) is 0 Å². The molecule has 0 unspecified atom stereocenters. The van der Waals surface area contributed by atoms with Gasteiger partial charge in [-0.25, -0.2) is 0 Å². The van der Waals surface area contributed by atoms with E-state index in [-0.39, 0.29) is 6.61 Å². The standard InChI is InChI=1S/C21H43NO3/c1-2-3-4-5-6-7-8-9-10-11-12-13-14-15-16-17-18-25-21(24)20(22)19-23/h20,23H,2-19,22H2,1H3/t20-/m0/s1. The van der Waals surface area contributed by atoms with Crippen molar-refractivity contribution in [1.29, 1.82) is 0 Å². The molecule has 4 heteroatoms. The zero-order valence-electron chi connectivity index (χ0n) is 16.6. The van der Waals surface area contributed by atoms with Gasteiger partial charge in [0.25, 0.3) is 0 Å². The van der Waals surface area contributed by atoms with Crippen LogP contribution in [0.1, 0.15) is 110 Å². The van der Waals surface area contributed by atoms with E-state index in [4.69, 9.17) is 15.6 Å². The molecule has 0 aromatic heterocycles. The Balaban J connectivity index is 3.08. The molecule has 0 radical (unpaired) electrons. The normalized spacial score (nSPS) is 12.3. The van der Waals surface area contributed by atoms with Crippen LogP contribution in [0.4, 0.5) is 0 Å². The van der Waals surface area contributed by atoms with Gasteiger partial charge in [-0.15, -0.1) is 0 Å². The number of ether oxygens (including phenoxy) is 1. The number of esters is 1. The van der Waals surface area contributed by atoms with Gasteiger partial charge in [-0.05, 0) is 6.42 Å². The molecular formula is C21H43NO3. The number of nitrogens with two attached hydrogens (primary N) is 1. The monoisotopic (exact) mass is 357 g/mol. The molecule has 0 aliphatic rings. The zero-order chi connectivity index (χ0) is 18.6. The summed E-state index contributed by atoms with van der Waals surface area (Å²) in [5.74, 6) is -0.497. The smallest absolute Gasteiger partial charge is 0.325 e. The molecule has 150 valence electrons. The first-order chi connectivity index (χ1) is 12.2. The number of rotatable bonds is 19. The summed E-state index contributed by atoms with van der Waals surface area (Å²) >= 11 is 0. The Hall–Kier alpha value is -0.610. The minimum Gasteiger partial charge on any atom is -0.464 e. The van der Waals surface area contributed by atoms with Crippen LogP contribution in [0.2, 0.25) is 0 Å². The number of unbranched alkanes of at least 4 members (excludes halogenated alkanes) is 15. The molecule has 0 fully saturated rings. The van der Waals surface area contributed by atoms with Crippen molar-refractivity contribution in [3.05, 3.63) is 0 Å². The summed E-state index contributed by atoms with van der Waals surface area (Å²) in [5, 5.41) is 8.72. The highest BCUT2D eigenvalue weighted by atomic mass is 16.5. The SMILES string of the molecule is CCCCCCCCCCCCCCCCCCOC(=O)[C@@H](N)CO. The van der Waals surface area contributed by atoms with Crippen LogP contribution in [0.3, 0.4) is 0 Å². The van der Waals surface area contributed by atoms with Gasteiger partial charge in [-0.2, -0.15) is 0 Å². The van der Waals surface area contributed by atoms with Gasteiger partial charge < -0.3 is 15.6 Å². The molecule has 0 rings (SSSR count). The van der Waals surface area contributed by atoms with Crippen LogP contribution in [0.25, 0.3) is 0 Å². The fraction of sp³-hybridized carbons (Fsp3) is 0.952. The molecule has 0 aliphatic carbocycles. The Morgan fingerprint density at radius 2 is 1.12 bits per heavy atom. The average molecular weight is 358 g/mol. The lowest BCUT2D eigenvalue weighted by Crippen LogP contribution is -2.35. The first-order valence-electron chi connectivity index (χ1n) is 10.8. The number of hydrogen-bond acceptors (Lipinski definition) is 4. The van der Waals surface area contributed by atoms with Crippen LogP contribution >= 0.6 is 0 Å². The molecule has 0 aromatic carbocycles. The van der Waals surface area contributed by atoms with Gasteiger partial charge in [-0.1, -0.05) is 103 Å². The third kappa shape index (κ3) is 18.0. The molecule has 3 N–H and O–H groups in total. The second kappa shape index (κ2) is 19.7. The molecule has 0 amide bonds. The maximum absolute atomic E-state index is 11.2. The topological polar surface area (TPSA) is 72.5 Å². The van der Waals surface area contributed by atoms with Gasteiger partial charge >= 0.3 is 5.97 Å². The minimum atomic E-state index is -0.888. The van der Waals surface area contributed by atoms with E-state index < -0.39 is 12.0 Å². The van der Waals surface area contributed by atoms with Crippen molar-refractivity contribution < 1.29 is 14.6 Å². The molecule has 0 aromatic rings. The predicted molar refractivity (Wildman–Crippen MR) is 106 cm³/mol. The van der Waals surface area contributed by atoms with Gasteiger partial charge in [0.05, 0.1) is 13.2 Å². The first kappa shape index (κ1) is 24.4. The lowest BCUT2D eigenvalue weighted by molar-refractivity contribution is -0.146. The summed E-state index contributed by atoms with van der Waals surface area (Å²) < 4.78 is 4.99. The lowest BCUT2D eigenvalue weighted by atomic mass is 10.0. The van der Waals surface area contributed by atoms with Crippen molar-refractivity contribution in [2.24, 2.45) is 5.73 Å². The number of aliphatic hydroxyl groups excluding tert-OH is 1. The molecule has 0 saturated carbocycles. The lowest BCUT2D eigenvalue weighted by Gasteiger charge is -2.08. The summed E-state index contributed by atoms with van der Waals surface area (Å²) in [5.41, 5.74) is 5.36. The average Bonchev–Trinajstić information content (AvgIpc) is 2.63. The van der Waals surface area contributed by atoms with Crippen molar-refractivity contribution >= 4 is 5.97 Å². The molecule has 0 heterocycles. The Labute approximate surface area is 155 Å². The fourth-order valence-electron chi connectivity index (χ4n) is 3.00. The summed E-state index contributed by atoms with van der Waals surface area (Å²) in [6.45, 7) is 2.34. The Kier molecular flexibility index (Phi) is 19.2. The Bertz CT molecular complexity index is 284. The molecule has 0 saturated heterocycles. The van der Waals surface area contributed by atoms with E-state index in [1.54, 1.807) is 0 Å². The van der Waals surface area contributed by atoms with Crippen LogP contribution in [0.15, 0.2) is 0 Å². The molecule has 1 atom stereocenters. The van der Waals surface area contributed by atoms with Gasteiger partial charge in [-0.3, -0.25) is 4.79 Å². The number of carbonyl (C=O) groups excluding carboxylic acids is 1. The molecule has 0 bridgehead atoms.